The Bertz CT molecular complexity index is 638. The van der Waals surface area contributed by atoms with E-state index in [1.165, 1.54) is 4.68 Å². The summed E-state index contributed by atoms with van der Waals surface area (Å²) in [7, 11) is 0. The van der Waals surface area contributed by atoms with Gasteiger partial charge < -0.3 is 9.84 Å². The maximum atomic E-state index is 10.9. The van der Waals surface area contributed by atoms with Crippen molar-refractivity contribution in [1.82, 2.24) is 14.8 Å². The summed E-state index contributed by atoms with van der Waals surface area (Å²) < 4.78 is 7.07. The molecule has 18 heavy (non-hydrogen) atoms. The van der Waals surface area contributed by atoms with E-state index in [9.17, 15) is 4.79 Å². The number of aromatic carboxylic acids is 1. The Labute approximate surface area is 107 Å². The summed E-state index contributed by atoms with van der Waals surface area (Å²) in [5, 5.41) is 13.4. The zero-order chi connectivity index (χ0) is 12.7. The fourth-order valence-electron chi connectivity index (χ4n) is 1.83. The first-order chi connectivity index (χ1) is 8.65. The molecule has 0 atom stereocenters. The second-order valence-electron chi connectivity index (χ2n) is 3.78. The van der Waals surface area contributed by atoms with Crippen LogP contribution in [0.4, 0.5) is 0 Å². The number of fused-ring (bicyclic) bond motifs is 3. The lowest BCUT2D eigenvalue weighted by atomic mass is 10.2. The number of carbonyl (C=O) groups is 1. The van der Waals surface area contributed by atoms with Crippen LogP contribution in [0.15, 0.2) is 18.2 Å². The molecule has 1 aromatic carbocycles. The van der Waals surface area contributed by atoms with Crippen LogP contribution >= 0.6 is 11.6 Å². The third-order valence-electron chi connectivity index (χ3n) is 2.61. The van der Waals surface area contributed by atoms with Gasteiger partial charge in [-0.15, -0.1) is 5.10 Å². The number of ether oxygens (including phenoxy) is 1. The predicted octanol–water partition coefficient (Wildman–Crippen LogP) is 1.69. The Morgan fingerprint density at radius 2 is 2.33 bits per heavy atom. The molecule has 2 aromatic rings. The molecule has 7 heteroatoms. The molecule has 1 aliphatic rings. The van der Waals surface area contributed by atoms with Crippen LogP contribution in [0.2, 0.25) is 5.02 Å². The number of carboxylic acid groups (broad SMARTS) is 1. The van der Waals surface area contributed by atoms with E-state index in [1.807, 2.05) is 0 Å². The molecule has 0 saturated carbocycles. The van der Waals surface area contributed by atoms with Crippen LogP contribution < -0.4 is 4.74 Å². The van der Waals surface area contributed by atoms with Crippen molar-refractivity contribution in [2.24, 2.45) is 0 Å². The fourth-order valence-corrected chi connectivity index (χ4v) is 1.99. The van der Waals surface area contributed by atoms with Gasteiger partial charge in [0.2, 0.25) is 0 Å². The van der Waals surface area contributed by atoms with Crippen molar-refractivity contribution in [2.75, 3.05) is 6.61 Å². The van der Waals surface area contributed by atoms with E-state index in [0.29, 0.717) is 35.3 Å². The molecule has 3 rings (SSSR count). The molecule has 0 saturated heterocycles. The molecule has 1 aromatic heterocycles. The van der Waals surface area contributed by atoms with E-state index in [1.54, 1.807) is 18.2 Å². The Kier molecular flexibility index (Phi) is 2.45. The summed E-state index contributed by atoms with van der Waals surface area (Å²) in [6, 6.07) is 5.13. The van der Waals surface area contributed by atoms with Crippen molar-refractivity contribution in [3.05, 3.63) is 29.0 Å². The normalized spacial score (nSPS) is 13.2. The van der Waals surface area contributed by atoms with E-state index in [4.69, 9.17) is 21.4 Å². The number of carboxylic acids is 1. The van der Waals surface area contributed by atoms with Crippen LogP contribution in [-0.2, 0) is 6.54 Å². The molecule has 92 valence electrons. The highest BCUT2D eigenvalue weighted by atomic mass is 35.5. The molecule has 0 amide bonds. The average Bonchev–Trinajstić information content (AvgIpc) is 2.67. The van der Waals surface area contributed by atoms with Gasteiger partial charge in [0.25, 0.3) is 5.82 Å². The number of aromatic nitrogens is 3. The molecular weight excluding hydrogens is 258 g/mol. The Balaban J connectivity index is 2.20. The minimum absolute atomic E-state index is 0.215. The Morgan fingerprint density at radius 3 is 3.11 bits per heavy atom. The van der Waals surface area contributed by atoms with E-state index in [-0.39, 0.29) is 5.82 Å². The van der Waals surface area contributed by atoms with Gasteiger partial charge >= 0.3 is 5.97 Å². The smallest absolute Gasteiger partial charge is 0.375 e. The zero-order valence-electron chi connectivity index (χ0n) is 9.13. The minimum Gasteiger partial charge on any atom is -0.491 e. The summed E-state index contributed by atoms with van der Waals surface area (Å²) >= 11 is 5.90. The Hall–Kier alpha value is -2.08. The van der Waals surface area contributed by atoms with Crippen LogP contribution in [0.25, 0.3) is 11.4 Å². The maximum absolute atomic E-state index is 10.9. The van der Waals surface area contributed by atoms with Gasteiger partial charge in [0.15, 0.2) is 5.82 Å². The van der Waals surface area contributed by atoms with Gasteiger partial charge in [-0.25, -0.2) is 14.5 Å². The second kappa shape index (κ2) is 3.99. The number of halogens is 1. The van der Waals surface area contributed by atoms with Crippen LogP contribution in [-0.4, -0.2) is 32.4 Å². The van der Waals surface area contributed by atoms with Gasteiger partial charge in [-0.2, -0.15) is 0 Å². The lowest BCUT2D eigenvalue weighted by molar-refractivity contribution is 0.0683. The minimum atomic E-state index is -1.15. The molecule has 2 heterocycles. The zero-order valence-corrected chi connectivity index (χ0v) is 9.89. The van der Waals surface area contributed by atoms with Gasteiger partial charge in [0, 0.05) is 5.02 Å². The van der Waals surface area contributed by atoms with Crippen molar-refractivity contribution in [1.29, 1.82) is 0 Å². The van der Waals surface area contributed by atoms with Gasteiger partial charge in [-0.05, 0) is 18.2 Å². The largest absolute Gasteiger partial charge is 0.491 e. The SMILES string of the molecule is O=C(O)c1nc2n(n1)CCOc1cc(Cl)ccc1-2. The quantitative estimate of drug-likeness (QED) is 0.849. The predicted molar refractivity (Wildman–Crippen MR) is 62.9 cm³/mol. The van der Waals surface area contributed by atoms with Crippen LogP contribution in [0, 0.1) is 0 Å². The topological polar surface area (TPSA) is 77.2 Å². The summed E-state index contributed by atoms with van der Waals surface area (Å²) in [5.74, 6) is -0.290. The number of rotatable bonds is 1. The number of benzene rings is 1. The highest BCUT2D eigenvalue weighted by Gasteiger charge is 2.22. The molecule has 1 N–H and O–H groups in total. The van der Waals surface area contributed by atoms with E-state index >= 15 is 0 Å². The maximum Gasteiger partial charge on any atom is 0.375 e. The molecule has 0 bridgehead atoms. The molecule has 1 aliphatic heterocycles. The third-order valence-corrected chi connectivity index (χ3v) is 2.84. The highest BCUT2D eigenvalue weighted by molar-refractivity contribution is 6.30. The monoisotopic (exact) mass is 265 g/mol. The number of hydrogen-bond donors (Lipinski definition) is 1. The first-order valence-corrected chi connectivity index (χ1v) is 5.64. The van der Waals surface area contributed by atoms with Gasteiger partial charge in [-0.3, -0.25) is 0 Å². The summed E-state index contributed by atoms with van der Waals surface area (Å²) in [6.07, 6.45) is 0. The van der Waals surface area contributed by atoms with Gasteiger partial charge in [0.05, 0.1) is 12.1 Å². The Morgan fingerprint density at radius 1 is 1.50 bits per heavy atom. The first-order valence-electron chi connectivity index (χ1n) is 5.26. The molecule has 6 nitrogen and oxygen atoms in total. The van der Waals surface area contributed by atoms with Crippen molar-refractivity contribution in [3.63, 3.8) is 0 Å². The second-order valence-corrected chi connectivity index (χ2v) is 4.21. The van der Waals surface area contributed by atoms with Crippen molar-refractivity contribution in [3.8, 4) is 17.1 Å². The number of hydrogen-bond acceptors (Lipinski definition) is 4. The standard InChI is InChI=1S/C11H8ClN3O3/c12-6-1-2-7-8(5-6)18-4-3-15-10(7)13-9(14-15)11(16)17/h1-2,5H,3-4H2,(H,16,17). The molecule has 0 unspecified atom stereocenters. The van der Waals surface area contributed by atoms with Crippen LogP contribution in [0.5, 0.6) is 5.75 Å². The van der Waals surface area contributed by atoms with Crippen molar-refractivity contribution in [2.45, 2.75) is 6.54 Å². The lowest BCUT2D eigenvalue weighted by Gasteiger charge is -2.05. The molecular formula is C11H8ClN3O3. The van der Waals surface area contributed by atoms with E-state index in [2.05, 4.69) is 10.1 Å². The molecule has 0 radical (unpaired) electrons. The van der Waals surface area contributed by atoms with Gasteiger partial charge in [-0.1, -0.05) is 11.6 Å². The summed E-state index contributed by atoms with van der Waals surface area (Å²) in [5.41, 5.74) is 0.692. The van der Waals surface area contributed by atoms with Crippen molar-refractivity contribution >= 4 is 17.6 Å². The lowest BCUT2D eigenvalue weighted by Crippen LogP contribution is -2.08. The van der Waals surface area contributed by atoms with Crippen LogP contribution in [0.1, 0.15) is 10.6 Å². The van der Waals surface area contributed by atoms with E-state index in [0.717, 1.165) is 0 Å². The molecule has 0 fully saturated rings. The van der Waals surface area contributed by atoms with Crippen molar-refractivity contribution < 1.29 is 14.6 Å². The fraction of sp³-hybridized carbons (Fsp3) is 0.182. The van der Waals surface area contributed by atoms with Crippen LogP contribution in [0.3, 0.4) is 0 Å². The first kappa shape index (κ1) is 11.0. The molecule has 0 aliphatic carbocycles. The highest BCUT2D eigenvalue weighted by Crippen LogP contribution is 2.33. The van der Waals surface area contributed by atoms with E-state index < -0.39 is 5.97 Å². The average molecular weight is 266 g/mol. The number of nitrogens with zero attached hydrogens (tertiary/aromatic N) is 3. The summed E-state index contributed by atoms with van der Waals surface area (Å²) in [6.45, 7) is 0.838. The molecule has 0 spiro atoms. The third kappa shape index (κ3) is 1.70. The summed E-state index contributed by atoms with van der Waals surface area (Å²) in [4.78, 5) is 14.9. The van der Waals surface area contributed by atoms with Gasteiger partial charge in [0.1, 0.15) is 12.4 Å².